The quantitative estimate of drug-likeness (QED) is 0.862. The topological polar surface area (TPSA) is 25.2 Å². The molecule has 2 atom stereocenters. The molecule has 1 N–H and O–H groups in total. The van der Waals surface area contributed by atoms with Crippen LogP contribution in [0, 0.1) is 0 Å². The van der Waals surface area contributed by atoms with E-state index in [9.17, 15) is 0 Å². The van der Waals surface area contributed by atoms with Crippen LogP contribution in [-0.4, -0.2) is 18.1 Å². The first-order chi connectivity index (χ1) is 7.19. The summed E-state index contributed by atoms with van der Waals surface area (Å²) in [6.45, 7) is 4.48. The third-order valence-electron chi connectivity index (χ3n) is 2.43. The van der Waals surface area contributed by atoms with Gasteiger partial charge in [-0.2, -0.15) is 11.8 Å². The van der Waals surface area contributed by atoms with Crippen LogP contribution in [0.15, 0.2) is 21.2 Å². The van der Waals surface area contributed by atoms with Crippen LogP contribution in [0.4, 0.5) is 0 Å². The number of halogens is 1. The molecule has 0 aliphatic rings. The van der Waals surface area contributed by atoms with E-state index in [1.54, 1.807) is 6.26 Å². The van der Waals surface area contributed by atoms with Crippen molar-refractivity contribution < 1.29 is 4.42 Å². The van der Waals surface area contributed by atoms with Gasteiger partial charge in [0.05, 0.1) is 16.8 Å². The second kappa shape index (κ2) is 6.61. The molecule has 0 amide bonds. The van der Waals surface area contributed by atoms with E-state index < -0.39 is 0 Å². The highest BCUT2D eigenvalue weighted by Gasteiger charge is 2.16. The summed E-state index contributed by atoms with van der Waals surface area (Å²) >= 11 is 5.46. The molecule has 4 heteroatoms. The van der Waals surface area contributed by atoms with Crippen LogP contribution in [0.5, 0.6) is 0 Å². The Balaban J connectivity index is 2.53. The molecule has 0 radical (unpaired) electrons. The second-order valence-corrected chi connectivity index (χ2v) is 5.85. The first-order valence-corrected chi connectivity index (χ1v) is 7.05. The lowest BCUT2D eigenvalue weighted by Crippen LogP contribution is -2.19. The third-order valence-corrected chi connectivity index (χ3v) is 4.52. The van der Waals surface area contributed by atoms with Crippen molar-refractivity contribution in [1.82, 2.24) is 5.32 Å². The number of thioether (sulfide) groups is 1. The van der Waals surface area contributed by atoms with Crippen LogP contribution in [0.1, 0.15) is 32.1 Å². The molecule has 2 nitrogen and oxygen atoms in total. The standard InChI is InChI=1S/C11H18BrNOS/c1-4-8(2)15-7-10(13-3)11-9(12)5-6-14-11/h5-6,8,10,13H,4,7H2,1-3H3. The average Bonchev–Trinajstić information content (AvgIpc) is 2.65. The lowest BCUT2D eigenvalue weighted by atomic mass is 10.2. The van der Waals surface area contributed by atoms with Gasteiger partial charge in [0, 0.05) is 11.0 Å². The molecule has 0 aliphatic carbocycles. The van der Waals surface area contributed by atoms with Gasteiger partial charge in [-0.25, -0.2) is 0 Å². The minimum absolute atomic E-state index is 0.286. The highest BCUT2D eigenvalue weighted by atomic mass is 79.9. The summed E-state index contributed by atoms with van der Waals surface area (Å²) in [7, 11) is 1.97. The zero-order valence-corrected chi connectivity index (χ0v) is 11.8. The summed E-state index contributed by atoms with van der Waals surface area (Å²) in [6, 6.07) is 2.22. The maximum Gasteiger partial charge on any atom is 0.135 e. The predicted octanol–water partition coefficient (Wildman–Crippen LogP) is 3.83. The largest absolute Gasteiger partial charge is 0.466 e. The molecule has 0 aliphatic heterocycles. The molecule has 0 spiro atoms. The Morgan fingerprint density at radius 1 is 1.60 bits per heavy atom. The van der Waals surface area contributed by atoms with Gasteiger partial charge in [-0.05, 0) is 35.5 Å². The molecule has 0 bridgehead atoms. The van der Waals surface area contributed by atoms with Gasteiger partial charge in [-0.3, -0.25) is 0 Å². The van der Waals surface area contributed by atoms with Gasteiger partial charge < -0.3 is 9.73 Å². The predicted molar refractivity (Wildman–Crippen MR) is 70.4 cm³/mol. The van der Waals surface area contributed by atoms with Gasteiger partial charge >= 0.3 is 0 Å². The maximum atomic E-state index is 5.46. The summed E-state index contributed by atoms with van der Waals surface area (Å²) in [5, 5.41) is 3.98. The third kappa shape index (κ3) is 3.85. The van der Waals surface area contributed by atoms with Gasteiger partial charge in [0.1, 0.15) is 5.76 Å². The Morgan fingerprint density at radius 3 is 2.80 bits per heavy atom. The van der Waals surface area contributed by atoms with Gasteiger partial charge in [0.25, 0.3) is 0 Å². The van der Waals surface area contributed by atoms with Crippen molar-refractivity contribution in [3.8, 4) is 0 Å². The fraction of sp³-hybridized carbons (Fsp3) is 0.636. The summed E-state index contributed by atoms with van der Waals surface area (Å²) < 4.78 is 6.51. The first-order valence-electron chi connectivity index (χ1n) is 5.20. The normalized spacial score (nSPS) is 15.2. The van der Waals surface area contributed by atoms with E-state index in [4.69, 9.17) is 4.42 Å². The lowest BCUT2D eigenvalue weighted by Gasteiger charge is -2.16. The fourth-order valence-electron chi connectivity index (χ4n) is 1.22. The monoisotopic (exact) mass is 291 g/mol. The minimum Gasteiger partial charge on any atom is -0.466 e. The zero-order valence-electron chi connectivity index (χ0n) is 9.42. The van der Waals surface area contributed by atoms with Gasteiger partial charge in [-0.15, -0.1) is 0 Å². The molecule has 0 saturated carbocycles. The fourth-order valence-corrected chi connectivity index (χ4v) is 2.77. The van der Waals surface area contributed by atoms with E-state index in [1.165, 1.54) is 6.42 Å². The molecule has 15 heavy (non-hydrogen) atoms. The van der Waals surface area contributed by atoms with Crippen LogP contribution in [0.3, 0.4) is 0 Å². The van der Waals surface area contributed by atoms with E-state index in [2.05, 4.69) is 35.1 Å². The van der Waals surface area contributed by atoms with Crippen LogP contribution in [0.25, 0.3) is 0 Å². The molecule has 2 unspecified atom stereocenters. The molecular formula is C11H18BrNOS. The zero-order chi connectivity index (χ0) is 11.3. The smallest absolute Gasteiger partial charge is 0.135 e. The summed E-state index contributed by atoms with van der Waals surface area (Å²) in [6.07, 6.45) is 2.93. The molecule has 1 aromatic heterocycles. The Hall–Kier alpha value is 0.0700. The van der Waals surface area contributed by atoms with Crippen LogP contribution in [-0.2, 0) is 0 Å². The summed E-state index contributed by atoms with van der Waals surface area (Å²) in [4.78, 5) is 0. The maximum absolute atomic E-state index is 5.46. The number of rotatable bonds is 6. The Bertz CT molecular complexity index is 290. The van der Waals surface area contributed by atoms with E-state index in [1.807, 2.05) is 24.9 Å². The van der Waals surface area contributed by atoms with Gasteiger partial charge in [0.2, 0.25) is 0 Å². The van der Waals surface area contributed by atoms with Crippen LogP contribution >= 0.6 is 27.7 Å². The number of furan rings is 1. The van der Waals surface area contributed by atoms with E-state index in [0.29, 0.717) is 5.25 Å². The van der Waals surface area contributed by atoms with Crippen LogP contribution in [0.2, 0.25) is 0 Å². The van der Waals surface area contributed by atoms with Gasteiger partial charge in [0.15, 0.2) is 0 Å². The molecule has 0 aromatic carbocycles. The van der Waals surface area contributed by atoms with Crippen molar-refractivity contribution in [2.75, 3.05) is 12.8 Å². The minimum atomic E-state index is 0.286. The second-order valence-electron chi connectivity index (χ2n) is 3.53. The summed E-state index contributed by atoms with van der Waals surface area (Å²) in [5.41, 5.74) is 0. The van der Waals surface area contributed by atoms with Crippen molar-refractivity contribution in [2.24, 2.45) is 0 Å². The molecule has 1 rings (SSSR count). The summed E-state index contributed by atoms with van der Waals surface area (Å²) in [5.74, 6) is 2.03. The highest BCUT2D eigenvalue weighted by Crippen LogP contribution is 2.28. The Labute approximate surface area is 104 Å². The Kier molecular flexibility index (Phi) is 5.79. The average molecular weight is 292 g/mol. The molecular weight excluding hydrogens is 274 g/mol. The Morgan fingerprint density at radius 2 is 2.33 bits per heavy atom. The molecule has 0 saturated heterocycles. The molecule has 0 fully saturated rings. The molecule has 1 heterocycles. The van der Waals surface area contributed by atoms with Gasteiger partial charge in [-0.1, -0.05) is 13.8 Å². The van der Waals surface area contributed by atoms with E-state index in [-0.39, 0.29) is 6.04 Å². The number of nitrogens with one attached hydrogen (secondary N) is 1. The van der Waals surface area contributed by atoms with Crippen molar-refractivity contribution in [3.05, 3.63) is 22.6 Å². The lowest BCUT2D eigenvalue weighted by molar-refractivity contribution is 0.450. The first kappa shape index (κ1) is 13.1. The number of hydrogen-bond donors (Lipinski definition) is 1. The SMILES string of the molecule is CCC(C)SCC(NC)c1occc1Br. The molecule has 86 valence electrons. The van der Waals surface area contributed by atoms with E-state index >= 15 is 0 Å². The highest BCUT2D eigenvalue weighted by molar-refractivity contribution is 9.10. The number of hydrogen-bond acceptors (Lipinski definition) is 3. The van der Waals surface area contributed by atoms with Crippen molar-refractivity contribution in [2.45, 2.75) is 31.6 Å². The van der Waals surface area contributed by atoms with Crippen molar-refractivity contribution >= 4 is 27.7 Å². The molecule has 1 aromatic rings. The van der Waals surface area contributed by atoms with Crippen molar-refractivity contribution in [3.63, 3.8) is 0 Å². The van der Waals surface area contributed by atoms with E-state index in [0.717, 1.165) is 16.0 Å². The van der Waals surface area contributed by atoms with Crippen molar-refractivity contribution in [1.29, 1.82) is 0 Å². The van der Waals surface area contributed by atoms with Crippen LogP contribution < -0.4 is 5.32 Å².